The first-order valence-electron chi connectivity index (χ1n) is 5.14. The van der Waals surface area contributed by atoms with Crippen LogP contribution < -0.4 is 0 Å². The normalized spacial score (nSPS) is 10.5. The summed E-state index contributed by atoms with van der Waals surface area (Å²) in [4.78, 5) is 0. The third-order valence-electron chi connectivity index (χ3n) is 2.52. The summed E-state index contributed by atoms with van der Waals surface area (Å²) >= 11 is 0. The van der Waals surface area contributed by atoms with Crippen molar-refractivity contribution in [3.8, 4) is 0 Å². The van der Waals surface area contributed by atoms with E-state index in [-0.39, 0.29) is 0 Å². The van der Waals surface area contributed by atoms with Gasteiger partial charge in [0.1, 0.15) is 12.2 Å². The van der Waals surface area contributed by atoms with Crippen molar-refractivity contribution in [3.05, 3.63) is 47.5 Å². The van der Waals surface area contributed by atoms with Crippen molar-refractivity contribution in [2.24, 2.45) is 7.05 Å². The van der Waals surface area contributed by atoms with E-state index in [1.165, 1.54) is 11.1 Å². The highest BCUT2D eigenvalue weighted by Gasteiger charge is 2.01. The fourth-order valence-electron chi connectivity index (χ4n) is 1.66. The van der Waals surface area contributed by atoms with Crippen LogP contribution in [0.3, 0.4) is 0 Å². The summed E-state index contributed by atoms with van der Waals surface area (Å²) in [6.07, 6.45) is 3.71. The van der Waals surface area contributed by atoms with E-state index in [2.05, 4.69) is 41.4 Å². The van der Waals surface area contributed by atoms with Gasteiger partial charge in [0.2, 0.25) is 0 Å². The minimum atomic E-state index is 0.944. The van der Waals surface area contributed by atoms with Crippen LogP contribution in [0.4, 0.5) is 0 Å². The third kappa shape index (κ3) is 2.43. The standard InChI is InChI=1S/C12H15N3/c1-10-4-3-5-11(8-10)6-7-12-14-13-9-15(12)2/h3-5,8-9H,6-7H2,1-2H3. The summed E-state index contributed by atoms with van der Waals surface area (Å²) in [6.45, 7) is 2.12. The molecule has 0 saturated heterocycles. The van der Waals surface area contributed by atoms with Crippen molar-refractivity contribution >= 4 is 0 Å². The highest BCUT2D eigenvalue weighted by atomic mass is 15.2. The van der Waals surface area contributed by atoms with Crippen molar-refractivity contribution in [2.75, 3.05) is 0 Å². The minimum absolute atomic E-state index is 0.944. The summed E-state index contributed by atoms with van der Waals surface area (Å²) in [6, 6.07) is 8.59. The Morgan fingerprint density at radius 2 is 2.13 bits per heavy atom. The van der Waals surface area contributed by atoms with E-state index in [1.54, 1.807) is 6.33 Å². The van der Waals surface area contributed by atoms with Gasteiger partial charge in [-0.3, -0.25) is 0 Å². The summed E-state index contributed by atoms with van der Waals surface area (Å²) in [7, 11) is 1.98. The quantitative estimate of drug-likeness (QED) is 0.759. The predicted octanol–water partition coefficient (Wildman–Crippen LogP) is 1.91. The molecule has 0 bridgehead atoms. The number of benzene rings is 1. The maximum Gasteiger partial charge on any atom is 0.132 e. The van der Waals surface area contributed by atoms with Crippen molar-refractivity contribution in [1.29, 1.82) is 0 Å². The lowest BCUT2D eigenvalue weighted by Gasteiger charge is -2.02. The zero-order chi connectivity index (χ0) is 10.7. The number of hydrogen-bond acceptors (Lipinski definition) is 2. The van der Waals surface area contributed by atoms with Gasteiger partial charge in [0, 0.05) is 13.5 Å². The minimum Gasteiger partial charge on any atom is -0.321 e. The summed E-state index contributed by atoms with van der Waals surface area (Å²) < 4.78 is 1.97. The van der Waals surface area contributed by atoms with Crippen LogP contribution in [0.2, 0.25) is 0 Å². The Kier molecular flexibility index (Phi) is 2.81. The molecule has 0 fully saturated rings. The van der Waals surface area contributed by atoms with Crippen LogP contribution in [-0.4, -0.2) is 14.8 Å². The monoisotopic (exact) mass is 201 g/mol. The van der Waals surface area contributed by atoms with Crippen LogP contribution in [-0.2, 0) is 19.9 Å². The molecule has 2 rings (SSSR count). The molecule has 0 atom stereocenters. The first kappa shape index (κ1) is 9.90. The van der Waals surface area contributed by atoms with Crippen LogP contribution >= 0.6 is 0 Å². The van der Waals surface area contributed by atoms with Crippen LogP contribution in [0.1, 0.15) is 17.0 Å². The predicted molar refractivity (Wildman–Crippen MR) is 59.6 cm³/mol. The van der Waals surface area contributed by atoms with E-state index in [9.17, 15) is 0 Å². The molecule has 0 spiro atoms. The molecule has 1 aromatic carbocycles. The molecule has 0 amide bonds. The van der Waals surface area contributed by atoms with Gasteiger partial charge in [0.05, 0.1) is 0 Å². The van der Waals surface area contributed by atoms with Crippen molar-refractivity contribution in [2.45, 2.75) is 19.8 Å². The van der Waals surface area contributed by atoms with Gasteiger partial charge >= 0.3 is 0 Å². The Labute approximate surface area is 89.8 Å². The molecule has 2 aromatic rings. The summed E-state index contributed by atoms with van der Waals surface area (Å²) in [5, 5.41) is 7.93. The fraction of sp³-hybridized carbons (Fsp3) is 0.333. The molecular weight excluding hydrogens is 186 g/mol. The molecule has 0 unspecified atom stereocenters. The fourth-order valence-corrected chi connectivity index (χ4v) is 1.66. The second-order valence-electron chi connectivity index (χ2n) is 3.85. The maximum atomic E-state index is 4.07. The first-order chi connectivity index (χ1) is 7.25. The van der Waals surface area contributed by atoms with Crippen molar-refractivity contribution in [1.82, 2.24) is 14.8 Å². The molecule has 0 aliphatic rings. The maximum absolute atomic E-state index is 4.07. The van der Waals surface area contributed by atoms with Gasteiger partial charge < -0.3 is 4.57 Å². The van der Waals surface area contributed by atoms with E-state index in [1.807, 2.05) is 11.6 Å². The number of rotatable bonds is 3. The van der Waals surface area contributed by atoms with Crippen molar-refractivity contribution < 1.29 is 0 Å². The van der Waals surface area contributed by atoms with Gasteiger partial charge in [-0.05, 0) is 18.9 Å². The van der Waals surface area contributed by atoms with E-state index in [0.717, 1.165) is 18.7 Å². The van der Waals surface area contributed by atoms with Gasteiger partial charge in [-0.25, -0.2) is 0 Å². The molecule has 3 heteroatoms. The molecule has 1 heterocycles. The summed E-state index contributed by atoms with van der Waals surface area (Å²) in [5.41, 5.74) is 2.67. The van der Waals surface area contributed by atoms with Gasteiger partial charge in [0.15, 0.2) is 0 Å². The van der Waals surface area contributed by atoms with Crippen molar-refractivity contribution in [3.63, 3.8) is 0 Å². The Balaban J connectivity index is 2.02. The molecule has 0 saturated carbocycles. The largest absolute Gasteiger partial charge is 0.321 e. The Hall–Kier alpha value is -1.64. The van der Waals surface area contributed by atoms with E-state index in [0.29, 0.717) is 0 Å². The lowest BCUT2D eigenvalue weighted by molar-refractivity contribution is 0.769. The highest BCUT2D eigenvalue weighted by molar-refractivity contribution is 5.22. The van der Waals surface area contributed by atoms with Crippen LogP contribution in [0.15, 0.2) is 30.6 Å². The average molecular weight is 201 g/mol. The molecule has 15 heavy (non-hydrogen) atoms. The zero-order valence-electron chi connectivity index (χ0n) is 9.14. The van der Waals surface area contributed by atoms with Crippen LogP contribution in [0.25, 0.3) is 0 Å². The SMILES string of the molecule is Cc1cccc(CCc2nncn2C)c1. The second-order valence-corrected chi connectivity index (χ2v) is 3.85. The van der Waals surface area contributed by atoms with Gasteiger partial charge in [-0.1, -0.05) is 29.8 Å². The first-order valence-corrected chi connectivity index (χ1v) is 5.14. The molecule has 0 aliphatic carbocycles. The zero-order valence-corrected chi connectivity index (χ0v) is 9.14. The van der Waals surface area contributed by atoms with E-state index in [4.69, 9.17) is 0 Å². The van der Waals surface area contributed by atoms with Gasteiger partial charge in [-0.15, -0.1) is 10.2 Å². The average Bonchev–Trinajstić information content (AvgIpc) is 2.61. The Morgan fingerprint density at radius 1 is 1.27 bits per heavy atom. The second kappa shape index (κ2) is 4.26. The van der Waals surface area contributed by atoms with Gasteiger partial charge in [0.25, 0.3) is 0 Å². The molecule has 0 radical (unpaired) electrons. The topological polar surface area (TPSA) is 30.7 Å². The van der Waals surface area contributed by atoms with Crippen LogP contribution in [0.5, 0.6) is 0 Å². The molecule has 1 aromatic heterocycles. The number of aryl methyl sites for hydroxylation is 4. The number of hydrogen-bond donors (Lipinski definition) is 0. The van der Waals surface area contributed by atoms with E-state index < -0.39 is 0 Å². The molecule has 3 nitrogen and oxygen atoms in total. The lowest BCUT2D eigenvalue weighted by Crippen LogP contribution is -1.99. The van der Waals surface area contributed by atoms with E-state index >= 15 is 0 Å². The third-order valence-corrected chi connectivity index (χ3v) is 2.52. The van der Waals surface area contributed by atoms with Gasteiger partial charge in [-0.2, -0.15) is 0 Å². The molecule has 0 aliphatic heterocycles. The highest BCUT2D eigenvalue weighted by Crippen LogP contribution is 2.07. The summed E-state index contributed by atoms with van der Waals surface area (Å²) in [5.74, 6) is 1.04. The molecule has 0 N–H and O–H groups in total. The lowest BCUT2D eigenvalue weighted by atomic mass is 10.1. The molecule has 78 valence electrons. The Morgan fingerprint density at radius 3 is 2.80 bits per heavy atom. The molecular formula is C12H15N3. The van der Waals surface area contributed by atoms with Crippen LogP contribution in [0, 0.1) is 6.92 Å². The smallest absolute Gasteiger partial charge is 0.132 e. The number of nitrogens with zero attached hydrogens (tertiary/aromatic N) is 3. The Bertz CT molecular complexity index is 446. The number of aromatic nitrogens is 3.